The minimum atomic E-state index is -1.98. The Bertz CT molecular complexity index is 693. The Kier molecular flexibility index (Phi) is 9.60. The van der Waals surface area contributed by atoms with Gasteiger partial charge in [0.15, 0.2) is 8.32 Å². The molecule has 0 aromatic carbocycles. The largest absolute Gasteiger partial charge is 0.445 e. The van der Waals surface area contributed by atoms with Crippen molar-refractivity contribution in [3.8, 4) is 0 Å². The molecule has 0 bridgehead atoms. The molecule has 0 unspecified atom stereocenters. The van der Waals surface area contributed by atoms with Gasteiger partial charge in [0.25, 0.3) is 0 Å². The third-order valence-corrected chi connectivity index (χ3v) is 10.4. The number of likely N-dealkylation sites (N-methyl/N-ethyl adjacent to an activating group) is 1. The third kappa shape index (κ3) is 8.62. The maximum absolute atomic E-state index is 12.9. The molecule has 32 heavy (non-hydrogen) atoms. The van der Waals surface area contributed by atoms with Crippen LogP contribution in [0.25, 0.3) is 0 Å². The van der Waals surface area contributed by atoms with E-state index in [1.54, 1.807) is 11.9 Å². The van der Waals surface area contributed by atoms with Gasteiger partial charge in [-0.25, -0.2) is 9.59 Å². The predicted octanol–water partition coefficient (Wildman–Crippen LogP) is 5.59. The quantitative estimate of drug-likeness (QED) is 0.343. The molecule has 1 aliphatic heterocycles. The van der Waals surface area contributed by atoms with Crippen LogP contribution in [0.5, 0.6) is 0 Å². The smallest absolute Gasteiger partial charge is 0.410 e. The molecule has 1 saturated heterocycles. The fourth-order valence-corrected chi connectivity index (χ4v) is 4.69. The molecule has 0 aromatic rings. The average molecular weight is 469 g/mol. The highest BCUT2D eigenvalue weighted by Crippen LogP contribution is 2.39. The topological polar surface area (TPSA) is 68.3 Å². The Labute approximate surface area is 195 Å². The Morgan fingerprint density at radius 3 is 2.28 bits per heavy atom. The molecule has 8 heteroatoms. The zero-order valence-corrected chi connectivity index (χ0v) is 22.6. The predicted molar refractivity (Wildman–Crippen MR) is 131 cm³/mol. The fourth-order valence-electron chi connectivity index (χ4n) is 3.33. The van der Waals surface area contributed by atoms with Crippen LogP contribution in [0.1, 0.15) is 54.4 Å². The number of rotatable bonds is 8. The van der Waals surface area contributed by atoms with Crippen molar-refractivity contribution in [3.63, 3.8) is 0 Å². The van der Waals surface area contributed by atoms with Gasteiger partial charge < -0.3 is 23.7 Å². The second-order valence-corrected chi connectivity index (χ2v) is 16.0. The fraction of sp³-hybridized carbons (Fsp3) is 0.750. The summed E-state index contributed by atoms with van der Waals surface area (Å²) in [4.78, 5) is 28.2. The van der Waals surface area contributed by atoms with Gasteiger partial charge in [0.1, 0.15) is 12.2 Å². The average Bonchev–Trinajstić information content (AvgIpc) is 2.98. The molecule has 2 atom stereocenters. The molecule has 1 aliphatic rings. The Morgan fingerprint density at radius 2 is 1.78 bits per heavy atom. The molecule has 0 radical (unpaired) electrons. The van der Waals surface area contributed by atoms with Crippen molar-refractivity contribution in [2.45, 2.75) is 90.3 Å². The van der Waals surface area contributed by atoms with E-state index >= 15 is 0 Å². The molecule has 1 heterocycles. The highest BCUT2D eigenvalue weighted by molar-refractivity contribution is 6.74. The summed E-state index contributed by atoms with van der Waals surface area (Å²) in [6.07, 6.45) is 2.00. The number of ether oxygens (including phenoxy) is 2. The van der Waals surface area contributed by atoms with Gasteiger partial charge in [-0.15, -0.1) is 0 Å². The molecule has 7 nitrogen and oxygen atoms in total. The molecule has 0 saturated carbocycles. The van der Waals surface area contributed by atoms with E-state index in [2.05, 4.69) is 47.0 Å². The molecular formula is C24H44N2O5Si. The van der Waals surface area contributed by atoms with Crippen molar-refractivity contribution in [3.05, 3.63) is 24.8 Å². The molecule has 0 N–H and O–H groups in total. The lowest BCUT2D eigenvalue weighted by Gasteiger charge is -2.38. The van der Waals surface area contributed by atoms with E-state index in [4.69, 9.17) is 13.9 Å². The number of hydrogen-bond acceptors (Lipinski definition) is 5. The van der Waals surface area contributed by atoms with Crippen molar-refractivity contribution in [2.24, 2.45) is 0 Å². The summed E-state index contributed by atoms with van der Waals surface area (Å²) in [6, 6.07) is -0.0929. The lowest BCUT2D eigenvalue weighted by molar-refractivity contribution is 0.0209. The summed E-state index contributed by atoms with van der Waals surface area (Å²) in [6.45, 7) is 25.4. The summed E-state index contributed by atoms with van der Waals surface area (Å²) >= 11 is 0. The molecule has 2 amide bonds. The zero-order chi connectivity index (χ0) is 24.9. The summed E-state index contributed by atoms with van der Waals surface area (Å²) in [7, 11) is -0.316. The maximum atomic E-state index is 12.9. The minimum Gasteiger partial charge on any atom is -0.445 e. The summed E-state index contributed by atoms with van der Waals surface area (Å²) in [5.41, 5.74) is 0.265. The van der Waals surface area contributed by atoms with E-state index in [-0.39, 0.29) is 29.9 Å². The zero-order valence-electron chi connectivity index (χ0n) is 21.6. The first-order valence-corrected chi connectivity index (χ1v) is 14.2. The van der Waals surface area contributed by atoms with Gasteiger partial charge in [-0.2, -0.15) is 0 Å². The van der Waals surface area contributed by atoms with Crippen LogP contribution in [-0.2, 0) is 13.9 Å². The van der Waals surface area contributed by atoms with Gasteiger partial charge >= 0.3 is 12.2 Å². The number of amides is 2. The van der Waals surface area contributed by atoms with Gasteiger partial charge in [-0.05, 0) is 51.7 Å². The van der Waals surface area contributed by atoms with Crippen LogP contribution in [0.3, 0.4) is 0 Å². The summed E-state index contributed by atoms with van der Waals surface area (Å²) < 4.78 is 17.3. The van der Waals surface area contributed by atoms with Crippen LogP contribution in [0.15, 0.2) is 24.8 Å². The lowest BCUT2D eigenvalue weighted by atomic mass is 10.0. The van der Waals surface area contributed by atoms with Crippen LogP contribution in [0, 0.1) is 0 Å². The van der Waals surface area contributed by atoms with Gasteiger partial charge in [-0.3, -0.25) is 0 Å². The number of likely N-dealkylation sites (tertiary alicyclic amines) is 1. The third-order valence-electron chi connectivity index (χ3n) is 5.89. The van der Waals surface area contributed by atoms with Crippen LogP contribution in [0.2, 0.25) is 18.1 Å². The molecule has 0 spiro atoms. The van der Waals surface area contributed by atoms with Crippen molar-refractivity contribution < 1.29 is 23.5 Å². The number of nitrogens with zero attached hydrogens (tertiary/aromatic N) is 2. The van der Waals surface area contributed by atoms with E-state index in [1.807, 2.05) is 20.8 Å². The van der Waals surface area contributed by atoms with Crippen molar-refractivity contribution in [1.29, 1.82) is 0 Å². The molecule has 1 rings (SSSR count). The molecule has 0 aromatic heterocycles. The van der Waals surface area contributed by atoms with Crippen LogP contribution in [0.4, 0.5) is 9.59 Å². The van der Waals surface area contributed by atoms with E-state index in [0.717, 1.165) is 12.0 Å². The van der Waals surface area contributed by atoms with Crippen LogP contribution in [-0.4, -0.2) is 74.8 Å². The van der Waals surface area contributed by atoms with Gasteiger partial charge in [0.2, 0.25) is 0 Å². The van der Waals surface area contributed by atoms with Crippen LogP contribution >= 0.6 is 0 Å². The van der Waals surface area contributed by atoms with E-state index in [0.29, 0.717) is 19.5 Å². The highest BCUT2D eigenvalue weighted by atomic mass is 28.4. The standard InChI is InChI=1S/C24H44N2O5Si/c1-12-13-29-21(27)25(9)16-18(2)14-19-15-20(31-32(10,11)24(6,7)8)17-26(19)22(28)30-23(3,4)5/h12,19-20H,1-2,13-17H2,3-11H3/t19-,20+/m0/s1. The second-order valence-electron chi connectivity index (χ2n) is 11.2. The van der Waals surface area contributed by atoms with Gasteiger partial charge in [-0.1, -0.05) is 45.6 Å². The van der Waals surface area contributed by atoms with Gasteiger partial charge in [0.05, 0.1) is 6.10 Å². The van der Waals surface area contributed by atoms with Gasteiger partial charge in [0, 0.05) is 26.2 Å². The Balaban J connectivity index is 2.90. The maximum Gasteiger partial charge on any atom is 0.410 e. The monoisotopic (exact) mass is 468 g/mol. The SMILES string of the molecule is C=CCOC(=O)N(C)CC(=C)C[C@H]1C[C@@H](O[Si](C)(C)C(C)(C)C)CN1C(=O)OC(C)(C)C. The number of hydrogen-bond donors (Lipinski definition) is 0. The van der Waals surface area contributed by atoms with Crippen LogP contribution < -0.4 is 0 Å². The van der Waals surface area contributed by atoms with Crippen molar-refractivity contribution >= 4 is 20.5 Å². The summed E-state index contributed by atoms with van der Waals surface area (Å²) in [5, 5.41) is 0.0833. The molecular weight excluding hydrogens is 424 g/mol. The normalized spacial score (nSPS) is 19.5. The Hall–Kier alpha value is -1.80. The van der Waals surface area contributed by atoms with Crippen molar-refractivity contribution in [2.75, 3.05) is 26.7 Å². The summed E-state index contributed by atoms with van der Waals surface area (Å²) in [5.74, 6) is 0. The lowest BCUT2D eigenvalue weighted by Crippen LogP contribution is -2.45. The first kappa shape index (κ1) is 28.2. The Morgan fingerprint density at radius 1 is 1.19 bits per heavy atom. The minimum absolute atomic E-state index is 0.0449. The molecule has 184 valence electrons. The first-order chi connectivity index (χ1) is 14.5. The molecule has 1 fully saturated rings. The highest BCUT2D eigenvalue weighted by Gasteiger charge is 2.44. The second kappa shape index (κ2) is 10.9. The van der Waals surface area contributed by atoms with E-state index in [1.165, 1.54) is 11.0 Å². The number of carbonyl (C=O) groups excluding carboxylic acids is 2. The molecule has 0 aliphatic carbocycles. The number of carbonyl (C=O) groups is 2. The van der Waals surface area contributed by atoms with E-state index < -0.39 is 20.0 Å². The van der Waals surface area contributed by atoms with Crippen molar-refractivity contribution in [1.82, 2.24) is 9.80 Å². The van der Waals surface area contributed by atoms with E-state index in [9.17, 15) is 9.59 Å². The first-order valence-electron chi connectivity index (χ1n) is 11.3.